The van der Waals surface area contributed by atoms with E-state index >= 15 is 0 Å². The SMILES string of the molecule is Cc1ccc(/C=C2\Oc3c(ccc4c3CN(C3CC3)CO4)C2=O)o1. The van der Waals surface area contributed by atoms with Gasteiger partial charge in [-0.25, -0.2) is 0 Å². The summed E-state index contributed by atoms with van der Waals surface area (Å²) in [6.07, 6.45) is 4.09. The van der Waals surface area contributed by atoms with Crippen molar-refractivity contribution in [2.75, 3.05) is 6.73 Å². The van der Waals surface area contributed by atoms with Crippen molar-refractivity contribution in [2.45, 2.75) is 32.4 Å². The number of fused-ring (bicyclic) bond motifs is 3. The first kappa shape index (κ1) is 13.9. The van der Waals surface area contributed by atoms with Crippen LogP contribution in [0, 0.1) is 6.92 Å². The van der Waals surface area contributed by atoms with Crippen molar-refractivity contribution >= 4 is 11.9 Å². The van der Waals surface area contributed by atoms with Crippen LogP contribution in [0.15, 0.2) is 34.4 Å². The van der Waals surface area contributed by atoms with Crippen molar-refractivity contribution < 1.29 is 18.7 Å². The summed E-state index contributed by atoms with van der Waals surface area (Å²) in [5, 5.41) is 0. The van der Waals surface area contributed by atoms with Crippen LogP contribution in [0.3, 0.4) is 0 Å². The molecule has 0 saturated heterocycles. The van der Waals surface area contributed by atoms with Gasteiger partial charge in [0.1, 0.15) is 29.8 Å². The molecule has 0 radical (unpaired) electrons. The van der Waals surface area contributed by atoms with Gasteiger partial charge >= 0.3 is 0 Å². The molecular weight excluding hydrogens is 306 g/mol. The predicted molar refractivity (Wildman–Crippen MR) is 86.9 cm³/mol. The normalized spacial score (nSPS) is 21.4. The Morgan fingerprint density at radius 3 is 2.83 bits per heavy atom. The summed E-state index contributed by atoms with van der Waals surface area (Å²) in [7, 11) is 0. The Balaban J connectivity index is 1.52. The van der Waals surface area contributed by atoms with Crippen LogP contribution in [0.1, 0.15) is 40.3 Å². The molecule has 2 aromatic rings. The van der Waals surface area contributed by atoms with Gasteiger partial charge in [0.25, 0.3) is 0 Å². The van der Waals surface area contributed by atoms with Gasteiger partial charge in [0, 0.05) is 18.7 Å². The number of nitrogens with zero attached hydrogens (tertiary/aromatic N) is 1. The van der Waals surface area contributed by atoms with Gasteiger partial charge in [-0.3, -0.25) is 9.69 Å². The van der Waals surface area contributed by atoms with Gasteiger partial charge in [-0.2, -0.15) is 0 Å². The number of carbonyl (C=O) groups is 1. The Hall–Kier alpha value is -2.53. The zero-order valence-corrected chi connectivity index (χ0v) is 13.4. The van der Waals surface area contributed by atoms with Crippen LogP contribution >= 0.6 is 0 Å². The largest absolute Gasteiger partial charge is 0.478 e. The van der Waals surface area contributed by atoms with Gasteiger partial charge in [-0.15, -0.1) is 0 Å². The van der Waals surface area contributed by atoms with E-state index < -0.39 is 0 Å². The van der Waals surface area contributed by atoms with E-state index in [1.54, 1.807) is 12.1 Å². The first-order valence-electron chi connectivity index (χ1n) is 8.22. The molecule has 5 rings (SSSR count). The van der Waals surface area contributed by atoms with Gasteiger partial charge < -0.3 is 13.9 Å². The molecule has 0 spiro atoms. The zero-order valence-electron chi connectivity index (χ0n) is 13.4. The highest BCUT2D eigenvalue weighted by Crippen LogP contribution is 2.43. The molecule has 0 unspecified atom stereocenters. The number of ether oxygens (including phenoxy) is 2. The monoisotopic (exact) mass is 323 g/mol. The number of hydrogen-bond acceptors (Lipinski definition) is 5. The van der Waals surface area contributed by atoms with E-state index in [2.05, 4.69) is 4.90 Å². The van der Waals surface area contributed by atoms with Crippen LogP contribution in [-0.4, -0.2) is 23.5 Å². The molecule has 0 atom stereocenters. The average molecular weight is 323 g/mol. The summed E-state index contributed by atoms with van der Waals surface area (Å²) in [5.74, 6) is 3.07. The molecule has 5 nitrogen and oxygen atoms in total. The minimum Gasteiger partial charge on any atom is -0.478 e. The van der Waals surface area contributed by atoms with Crippen LogP contribution < -0.4 is 9.47 Å². The molecule has 24 heavy (non-hydrogen) atoms. The van der Waals surface area contributed by atoms with Gasteiger partial charge in [0.05, 0.1) is 11.1 Å². The second-order valence-corrected chi connectivity index (χ2v) is 6.56. The molecule has 3 aliphatic rings. The number of ketones is 1. The number of Topliss-reactive ketones (excluding diaryl/α,β-unsaturated/α-hetero) is 1. The van der Waals surface area contributed by atoms with Gasteiger partial charge in [-0.1, -0.05) is 0 Å². The smallest absolute Gasteiger partial charge is 0.232 e. The Kier molecular flexibility index (Phi) is 2.88. The first-order valence-corrected chi connectivity index (χ1v) is 8.22. The maximum Gasteiger partial charge on any atom is 0.232 e. The molecule has 3 heterocycles. The lowest BCUT2D eigenvalue weighted by Crippen LogP contribution is -2.33. The van der Waals surface area contributed by atoms with Gasteiger partial charge in [0.2, 0.25) is 5.78 Å². The van der Waals surface area contributed by atoms with E-state index in [1.807, 2.05) is 25.1 Å². The molecular formula is C19H17NO4. The summed E-state index contributed by atoms with van der Waals surface area (Å²) in [6.45, 7) is 3.25. The summed E-state index contributed by atoms with van der Waals surface area (Å²) >= 11 is 0. The van der Waals surface area contributed by atoms with Crippen LogP contribution in [0.5, 0.6) is 11.5 Å². The minimum absolute atomic E-state index is 0.106. The van der Waals surface area contributed by atoms with E-state index in [9.17, 15) is 4.79 Å². The van der Waals surface area contributed by atoms with E-state index in [4.69, 9.17) is 13.9 Å². The predicted octanol–water partition coefficient (Wildman–Crippen LogP) is 3.52. The van der Waals surface area contributed by atoms with Gasteiger partial charge in [-0.05, 0) is 44.0 Å². The third-order valence-corrected chi connectivity index (χ3v) is 4.74. The lowest BCUT2D eigenvalue weighted by Gasteiger charge is -2.29. The van der Waals surface area contributed by atoms with E-state index in [0.717, 1.165) is 23.6 Å². The Labute approximate surface area is 139 Å². The summed E-state index contributed by atoms with van der Waals surface area (Å²) in [6, 6.07) is 7.96. The van der Waals surface area contributed by atoms with Crippen molar-refractivity contribution in [1.82, 2.24) is 4.90 Å². The number of aryl methyl sites for hydroxylation is 1. The summed E-state index contributed by atoms with van der Waals surface area (Å²) in [5.41, 5.74) is 1.57. The molecule has 2 aliphatic heterocycles. The number of carbonyl (C=O) groups excluding carboxylic acids is 1. The molecule has 1 aromatic carbocycles. The van der Waals surface area contributed by atoms with Crippen molar-refractivity contribution in [3.05, 3.63) is 52.7 Å². The van der Waals surface area contributed by atoms with E-state index in [1.165, 1.54) is 12.8 Å². The Morgan fingerprint density at radius 1 is 1.21 bits per heavy atom. The zero-order chi connectivity index (χ0) is 16.3. The highest BCUT2D eigenvalue weighted by molar-refractivity contribution is 6.14. The van der Waals surface area contributed by atoms with Crippen molar-refractivity contribution in [2.24, 2.45) is 0 Å². The molecule has 0 N–H and O–H groups in total. The Bertz CT molecular complexity index is 875. The standard InChI is InChI=1S/C19H17NO4/c1-11-2-5-13(23-11)8-17-18(21)14-6-7-16-15(19(14)24-17)9-20(10-22-16)12-3-4-12/h2,5-8,12H,3-4,9-10H2,1H3/b17-8-. The fourth-order valence-electron chi connectivity index (χ4n) is 3.31. The number of hydrogen-bond donors (Lipinski definition) is 0. The second-order valence-electron chi connectivity index (χ2n) is 6.56. The van der Waals surface area contributed by atoms with Crippen molar-refractivity contribution in [3.63, 3.8) is 0 Å². The van der Waals surface area contributed by atoms with Crippen molar-refractivity contribution in [1.29, 1.82) is 0 Å². The molecule has 1 aromatic heterocycles. The summed E-state index contributed by atoms with van der Waals surface area (Å²) in [4.78, 5) is 14.9. The fourth-order valence-corrected chi connectivity index (χ4v) is 3.31. The second kappa shape index (κ2) is 4.98. The lowest BCUT2D eigenvalue weighted by molar-refractivity contribution is 0.0868. The molecule has 1 fully saturated rings. The van der Waals surface area contributed by atoms with Crippen LogP contribution in [0.25, 0.3) is 6.08 Å². The molecule has 1 aliphatic carbocycles. The maximum atomic E-state index is 12.6. The molecule has 0 amide bonds. The minimum atomic E-state index is -0.106. The third-order valence-electron chi connectivity index (χ3n) is 4.74. The highest BCUT2D eigenvalue weighted by atomic mass is 16.5. The number of rotatable bonds is 2. The third kappa shape index (κ3) is 2.16. The Morgan fingerprint density at radius 2 is 2.08 bits per heavy atom. The quantitative estimate of drug-likeness (QED) is 0.792. The molecule has 0 bridgehead atoms. The fraction of sp³-hybridized carbons (Fsp3) is 0.316. The van der Waals surface area contributed by atoms with E-state index in [-0.39, 0.29) is 5.78 Å². The molecule has 1 saturated carbocycles. The molecule has 122 valence electrons. The maximum absolute atomic E-state index is 12.6. The topological polar surface area (TPSA) is 51.9 Å². The van der Waals surface area contributed by atoms with Crippen LogP contribution in [0.2, 0.25) is 0 Å². The van der Waals surface area contributed by atoms with Crippen LogP contribution in [0.4, 0.5) is 0 Å². The average Bonchev–Trinajstić information content (AvgIpc) is 3.29. The molecule has 5 heteroatoms. The number of benzene rings is 1. The first-order chi connectivity index (χ1) is 11.7. The number of furan rings is 1. The summed E-state index contributed by atoms with van der Waals surface area (Å²) < 4.78 is 17.3. The van der Waals surface area contributed by atoms with Gasteiger partial charge in [0.15, 0.2) is 5.76 Å². The highest BCUT2D eigenvalue weighted by Gasteiger charge is 2.37. The van der Waals surface area contributed by atoms with Crippen molar-refractivity contribution in [3.8, 4) is 11.5 Å². The number of allylic oxidation sites excluding steroid dienone is 1. The van der Waals surface area contributed by atoms with E-state index in [0.29, 0.717) is 35.6 Å². The van der Waals surface area contributed by atoms with Crippen LogP contribution in [-0.2, 0) is 6.54 Å². The lowest BCUT2D eigenvalue weighted by atomic mass is 10.0.